The van der Waals surface area contributed by atoms with E-state index < -0.39 is 10.0 Å². The first-order valence-corrected chi connectivity index (χ1v) is 10.3. The molecule has 2 aromatic rings. The molecule has 0 unspecified atom stereocenters. The maximum Gasteiger partial charge on any atom is 0.262 e. The number of hydrogen-bond acceptors (Lipinski definition) is 3. The summed E-state index contributed by atoms with van der Waals surface area (Å²) in [5.41, 5.74) is 3.24. The van der Waals surface area contributed by atoms with Gasteiger partial charge < -0.3 is 4.90 Å². The standard InChI is InChI=1S/C19H21ClN2O3S/c1-12-6-4-7-15(20)18(12)21-26(24,25)16-10-9-13(2)19(14(16)3)22-11-5-8-17(22)23/h4,6-7,9-10,21H,5,8,11H2,1-3H3. The number of rotatable bonds is 4. The monoisotopic (exact) mass is 392 g/mol. The Morgan fingerprint density at radius 2 is 1.81 bits per heavy atom. The van der Waals surface area contributed by atoms with E-state index in [4.69, 9.17) is 11.6 Å². The number of carbonyl (C=O) groups is 1. The highest BCUT2D eigenvalue weighted by Gasteiger charge is 2.28. The van der Waals surface area contributed by atoms with Crippen LogP contribution >= 0.6 is 11.6 Å². The number of amides is 1. The summed E-state index contributed by atoms with van der Waals surface area (Å²) in [7, 11) is -3.85. The molecule has 0 aliphatic carbocycles. The molecule has 1 aliphatic rings. The molecule has 1 fully saturated rings. The van der Waals surface area contributed by atoms with Gasteiger partial charge in [-0.2, -0.15) is 0 Å². The van der Waals surface area contributed by atoms with Crippen LogP contribution in [0.5, 0.6) is 0 Å². The largest absolute Gasteiger partial charge is 0.312 e. The average molecular weight is 393 g/mol. The van der Waals surface area contributed by atoms with E-state index in [-0.39, 0.29) is 10.8 Å². The van der Waals surface area contributed by atoms with Crippen molar-refractivity contribution >= 4 is 38.9 Å². The summed E-state index contributed by atoms with van der Waals surface area (Å²) in [5, 5.41) is 0.341. The van der Waals surface area contributed by atoms with Gasteiger partial charge in [0.25, 0.3) is 10.0 Å². The molecule has 5 nitrogen and oxygen atoms in total. The van der Waals surface area contributed by atoms with E-state index in [0.717, 1.165) is 17.5 Å². The molecule has 0 bridgehead atoms. The minimum absolute atomic E-state index is 0.0284. The lowest BCUT2D eigenvalue weighted by Crippen LogP contribution is -2.26. The van der Waals surface area contributed by atoms with Crippen LogP contribution in [0, 0.1) is 20.8 Å². The number of halogens is 1. The lowest BCUT2D eigenvalue weighted by Gasteiger charge is -2.23. The lowest BCUT2D eigenvalue weighted by atomic mass is 10.1. The van der Waals surface area contributed by atoms with Crippen LogP contribution in [-0.4, -0.2) is 20.9 Å². The Hall–Kier alpha value is -2.05. The number of aryl methyl sites for hydroxylation is 2. The van der Waals surface area contributed by atoms with E-state index in [2.05, 4.69) is 4.72 Å². The average Bonchev–Trinajstić information content (AvgIpc) is 2.97. The zero-order valence-corrected chi connectivity index (χ0v) is 16.5. The minimum atomic E-state index is -3.85. The maximum absolute atomic E-state index is 13.0. The maximum atomic E-state index is 13.0. The molecular weight excluding hydrogens is 372 g/mol. The quantitative estimate of drug-likeness (QED) is 0.848. The zero-order valence-electron chi connectivity index (χ0n) is 15.0. The number of anilines is 2. The third-order valence-corrected chi connectivity index (χ3v) is 6.48. The first-order valence-electron chi connectivity index (χ1n) is 8.41. The third-order valence-electron chi connectivity index (χ3n) is 4.67. The highest BCUT2D eigenvalue weighted by atomic mass is 35.5. The fraction of sp³-hybridized carbons (Fsp3) is 0.316. The molecular formula is C19H21ClN2O3S. The van der Waals surface area contributed by atoms with E-state index in [0.29, 0.717) is 34.9 Å². The van der Waals surface area contributed by atoms with Crippen LogP contribution in [-0.2, 0) is 14.8 Å². The van der Waals surface area contributed by atoms with Gasteiger partial charge in [-0.1, -0.05) is 29.8 Å². The highest BCUT2D eigenvalue weighted by molar-refractivity contribution is 7.92. The molecule has 138 valence electrons. The second-order valence-electron chi connectivity index (χ2n) is 6.54. The van der Waals surface area contributed by atoms with Gasteiger partial charge in [0, 0.05) is 13.0 Å². The van der Waals surface area contributed by atoms with Crippen molar-refractivity contribution in [2.75, 3.05) is 16.2 Å². The number of carbonyl (C=O) groups excluding carboxylic acids is 1. The first-order chi connectivity index (χ1) is 12.2. The normalized spacial score (nSPS) is 14.8. The zero-order chi connectivity index (χ0) is 19.1. The Balaban J connectivity index is 2.07. The smallest absolute Gasteiger partial charge is 0.262 e. The van der Waals surface area contributed by atoms with Gasteiger partial charge in [-0.3, -0.25) is 9.52 Å². The van der Waals surface area contributed by atoms with Gasteiger partial charge in [-0.15, -0.1) is 0 Å². The van der Waals surface area contributed by atoms with Crippen LogP contribution in [0.4, 0.5) is 11.4 Å². The van der Waals surface area contributed by atoms with Crippen LogP contribution in [0.15, 0.2) is 35.2 Å². The molecule has 0 spiro atoms. The molecule has 26 heavy (non-hydrogen) atoms. The molecule has 1 heterocycles. The van der Waals surface area contributed by atoms with Crippen LogP contribution < -0.4 is 9.62 Å². The third kappa shape index (κ3) is 3.31. The van der Waals surface area contributed by atoms with Gasteiger partial charge in [-0.25, -0.2) is 8.42 Å². The predicted molar refractivity (Wildman–Crippen MR) is 105 cm³/mol. The van der Waals surface area contributed by atoms with Crippen molar-refractivity contribution in [3.05, 3.63) is 52.0 Å². The van der Waals surface area contributed by atoms with E-state index in [1.165, 1.54) is 0 Å². The van der Waals surface area contributed by atoms with Gasteiger partial charge in [0.1, 0.15) is 0 Å². The fourth-order valence-corrected chi connectivity index (χ4v) is 5.08. The van der Waals surface area contributed by atoms with E-state index in [9.17, 15) is 13.2 Å². The molecule has 3 rings (SSSR count). The summed E-state index contributed by atoms with van der Waals surface area (Å²) in [4.78, 5) is 14.0. The summed E-state index contributed by atoms with van der Waals surface area (Å²) in [6.07, 6.45) is 1.28. The summed E-state index contributed by atoms with van der Waals surface area (Å²) < 4.78 is 28.6. The van der Waals surface area contributed by atoms with Crippen LogP contribution in [0.25, 0.3) is 0 Å². The molecule has 0 radical (unpaired) electrons. The Kier molecular flexibility index (Phi) is 4.99. The van der Waals surface area contributed by atoms with Gasteiger partial charge in [0.15, 0.2) is 0 Å². The number of para-hydroxylation sites is 1. The van der Waals surface area contributed by atoms with Crippen molar-refractivity contribution in [2.45, 2.75) is 38.5 Å². The molecule has 7 heteroatoms. The van der Waals surface area contributed by atoms with Crippen molar-refractivity contribution in [3.8, 4) is 0 Å². The fourth-order valence-electron chi connectivity index (χ4n) is 3.36. The molecule has 1 amide bonds. The molecule has 1 N–H and O–H groups in total. The predicted octanol–water partition coefficient (Wildman–Crippen LogP) is 4.19. The van der Waals surface area contributed by atoms with Crippen molar-refractivity contribution in [3.63, 3.8) is 0 Å². The van der Waals surface area contributed by atoms with Crippen LogP contribution in [0.2, 0.25) is 5.02 Å². The van der Waals surface area contributed by atoms with Gasteiger partial charge >= 0.3 is 0 Å². The topological polar surface area (TPSA) is 66.5 Å². The summed E-state index contributed by atoms with van der Waals surface area (Å²) >= 11 is 6.16. The number of benzene rings is 2. The summed E-state index contributed by atoms with van der Waals surface area (Å²) in [6, 6.07) is 8.51. The van der Waals surface area contributed by atoms with Crippen molar-refractivity contribution in [2.24, 2.45) is 0 Å². The molecule has 0 aromatic heterocycles. The SMILES string of the molecule is Cc1cccc(Cl)c1NS(=O)(=O)c1ccc(C)c(N2CCCC2=O)c1C. The molecule has 1 saturated heterocycles. The second-order valence-corrected chi connectivity index (χ2v) is 8.60. The minimum Gasteiger partial charge on any atom is -0.312 e. The summed E-state index contributed by atoms with van der Waals surface area (Å²) in [6.45, 7) is 6.03. The van der Waals surface area contributed by atoms with Crippen molar-refractivity contribution < 1.29 is 13.2 Å². The van der Waals surface area contributed by atoms with E-state index in [1.54, 1.807) is 49.1 Å². The van der Waals surface area contributed by atoms with Crippen LogP contribution in [0.3, 0.4) is 0 Å². The summed E-state index contributed by atoms with van der Waals surface area (Å²) in [5.74, 6) is 0.0284. The van der Waals surface area contributed by atoms with E-state index in [1.807, 2.05) is 6.92 Å². The second kappa shape index (κ2) is 6.93. The van der Waals surface area contributed by atoms with Gasteiger partial charge in [0.2, 0.25) is 5.91 Å². The molecule has 1 aliphatic heterocycles. The molecule has 0 saturated carbocycles. The number of nitrogens with zero attached hydrogens (tertiary/aromatic N) is 1. The Morgan fingerprint density at radius 3 is 2.42 bits per heavy atom. The molecule has 2 aromatic carbocycles. The Morgan fingerprint density at radius 1 is 1.08 bits per heavy atom. The number of sulfonamides is 1. The lowest BCUT2D eigenvalue weighted by molar-refractivity contribution is -0.117. The molecule has 0 atom stereocenters. The van der Waals surface area contributed by atoms with Crippen molar-refractivity contribution in [1.82, 2.24) is 0 Å². The first kappa shape index (κ1) is 18.7. The van der Waals surface area contributed by atoms with Crippen LogP contribution in [0.1, 0.15) is 29.5 Å². The van der Waals surface area contributed by atoms with Crippen molar-refractivity contribution in [1.29, 1.82) is 0 Å². The van der Waals surface area contributed by atoms with Gasteiger partial charge in [-0.05, 0) is 56.0 Å². The van der Waals surface area contributed by atoms with Gasteiger partial charge in [0.05, 0.1) is 21.3 Å². The Bertz CT molecular complexity index is 966. The Labute approximate surface area is 159 Å². The highest BCUT2D eigenvalue weighted by Crippen LogP contribution is 2.34. The van der Waals surface area contributed by atoms with E-state index >= 15 is 0 Å². The number of hydrogen-bond donors (Lipinski definition) is 1. The number of nitrogens with one attached hydrogen (secondary N) is 1.